The number of carbonyl (C=O) groups excluding carboxylic acids is 1. The van der Waals surface area contributed by atoms with E-state index in [1.807, 2.05) is 13.2 Å². The number of nitrogens with zero attached hydrogens (tertiary/aromatic N) is 2. The molecule has 2 aliphatic heterocycles. The van der Waals surface area contributed by atoms with Gasteiger partial charge in [0.05, 0.1) is 6.20 Å². The van der Waals surface area contributed by atoms with Crippen molar-refractivity contribution in [3.63, 3.8) is 0 Å². The standard InChI is InChI=1S/C14H22N4O.ClH/c1-18-9-11(8-16-18)7-15-14(19)6-10-4-12-2-3-13(5-10)17-12;/h8-10,12-13,17H,2-7H2,1H3,(H,15,19);1H. The van der Waals surface area contributed by atoms with Crippen molar-refractivity contribution >= 4 is 18.3 Å². The van der Waals surface area contributed by atoms with Crippen LogP contribution in [0.25, 0.3) is 0 Å². The van der Waals surface area contributed by atoms with Gasteiger partial charge in [0.15, 0.2) is 0 Å². The van der Waals surface area contributed by atoms with Gasteiger partial charge < -0.3 is 10.6 Å². The number of hydrogen-bond donors (Lipinski definition) is 2. The molecule has 0 aromatic carbocycles. The number of carbonyl (C=O) groups is 1. The molecule has 0 spiro atoms. The molecule has 2 unspecified atom stereocenters. The molecule has 0 saturated carbocycles. The fourth-order valence-electron chi connectivity index (χ4n) is 3.44. The number of nitrogens with one attached hydrogen (secondary N) is 2. The van der Waals surface area contributed by atoms with Gasteiger partial charge >= 0.3 is 0 Å². The molecule has 0 aliphatic carbocycles. The van der Waals surface area contributed by atoms with E-state index in [2.05, 4.69) is 15.7 Å². The maximum absolute atomic E-state index is 12.0. The van der Waals surface area contributed by atoms with Gasteiger partial charge in [-0.05, 0) is 31.6 Å². The third kappa shape index (κ3) is 3.73. The van der Waals surface area contributed by atoms with Gasteiger partial charge in [0.2, 0.25) is 5.91 Å². The van der Waals surface area contributed by atoms with E-state index in [-0.39, 0.29) is 18.3 Å². The van der Waals surface area contributed by atoms with Crippen LogP contribution in [0.5, 0.6) is 0 Å². The second-order valence-electron chi connectivity index (χ2n) is 5.98. The Balaban J connectivity index is 0.00000147. The fourth-order valence-corrected chi connectivity index (χ4v) is 3.44. The monoisotopic (exact) mass is 298 g/mol. The lowest BCUT2D eigenvalue weighted by molar-refractivity contribution is -0.122. The SMILES string of the molecule is Cl.Cn1cc(CNC(=O)CC2CC3CCC(C2)N3)cn1. The molecule has 3 rings (SSSR count). The van der Waals surface area contributed by atoms with E-state index >= 15 is 0 Å². The first-order valence-corrected chi connectivity index (χ1v) is 7.19. The predicted octanol–water partition coefficient (Wildman–Crippen LogP) is 1.38. The largest absolute Gasteiger partial charge is 0.352 e. The van der Waals surface area contributed by atoms with Crippen molar-refractivity contribution in [2.75, 3.05) is 0 Å². The highest BCUT2D eigenvalue weighted by Gasteiger charge is 2.34. The second-order valence-corrected chi connectivity index (χ2v) is 5.98. The second kappa shape index (κ2) is 6.59. The zero-order valence-corrected chi connectivity index (χ0v) is 12.7. The number of aryl methyl sites for hydroxylation is 1. The van der Waals surface area contributed by atoms with Gasteiger partial charge in [-0.15, -0.1) is 12.4 Å². The van der Waals surface area contributed by atoms with Crippen LogP contribution in [0.2, 0.25) is 0 Å². The summed E-state index contributed by atoms with van der Waals surface area (Å²) in [5, 5.41) is 10.7. The molecule has 5 nitrogen and oxygen atoms in total. The number of aromatic nitrogens is 2. The predicted molar refractivity (Wildman–Crippen MR) is 79.6 cm³/mol. The third-order valence-electron chi connectivity index (χ3n) is 4.29. The Kier molecular flexibility index (Phi) is 5.05. The van der Waals surface area contributed by atoms with Crippen LogP contribution in [0.1, 0.15) is 37.7 Å². The Morgan fingerprint density at radius 3 is 2.75 bits per heavy atom. The minimum Gasteiger partial charge on any atom is -0.352 e. The van der Waals surface area contributed by atoms with Crippen LogP contribution < -0.4 is 10.6 Å². The number of piperidine rings is 1. The summed E-state index contributed by atoms with van der Waals surface area (Å²) in [7, 11) is 1.89. The van der Waals surface area contributed by atoms with Crippen molar-refractivity contribution in [2.24, 2.45) is 13.0 Å². The smallest absolute Gasteiger partial charge is 0.220 e. The van der Waals surface area contributed by atoms with Crippen LogP contribution in [0.15, 0.2) is 12.4 Å². The molecular weight excluding hydrogens is 276 g/mol. The van der Waals surface area contributed by atoms with Gasteiger partial charge in [-0.25, -0.2) is 0 Å². The van der Waals surface area contributed by atoms with Crippen molar-refractivity contribution in [3.8, 4) is 0 Å². The normalized spacial score (nSPS) is 27.9. The van der Waals surface area contributed by atoms with Crippen LogP contribution >= 0.6 is 12.4 Å². The minimum absolute atomic E-state index is 0. The van der Waals surface area contributed by atoms with Crippen molar-refractivity contribution in [1.82, 2.24) is 20.4 Å². The van der Waals surface area contributed by atoms with Gasteiger partial charge in [0.25, 0.3) is 0 Å². The summed E-state index contributed by atoms with van der Waals surface area (Å²) in [4.78, 5) is 12.0. The highest BCUT2D eigenvalue weighted by Crippen LogP contribution is 2.32. The lowest BCUT2D eigenvalue weighted by atomic mass is 9.89. The molecule has 2 fully saturated rings. The fraction of sp³-hybridized carbons (Fsp3) is 0.714. The molecule has 2 aliphatic rings. The first-order chi connectivity index (χ1) is 9.19. The van der Waals surface area contributed by atoms with Crippen molar-refractivity contribution in [2.45, 2.75) is 50.7 Å². The van der Waals surface area contributed by atoms with Crippen LogP contribution in [0.3, 0.4) is 0 Å². The summed E-state index contributed by atoms with van der Waals surface area (Å²) in [5.41, 5.74) is 1.06. The average Bonchev–Trinajstić information content (AvgIpc) is 2.93. The lowest BCUT2D eigenvalue weighted by Crippen LogP contribution is -2.39. The highest BCUT2D eigenvalue weighted by molar-refractivity contribution is 5.85. The zero-order valence-electron chi connectivity index (χ0n) is 11.8. The molecule has 20 heavy (non-hydrogen) atoms. The van der Waals surface area contributed by atoms with E-state index in [0.29, 0.717) is 31.0 Å². The third-order valence-corrected chi connectivity index (χ3v) is 4.29. The number of fused-ring (bicyclic) bond motifs is 2. The Morgan fingerprint density at radius 2 is 2.15 bits per heavy atom. The molecule has 112 valence electrons. The number of hydrogen-bond acceptors (Lipinski definition) is 3. The van der Waals surface area contributed by atoms with Crippen LogP contribution in [-0.4, -0.2) is 27.8 Å². The van der Waals surface area contributed by atoms with Gasteiger partial charge in [0, 0.05) is 43.9 Å². The van der Waals surface area contributed by atoms with E-state index in [9.17, 15) is 4.79 Å². The summed E-state index contributed by atoms with van der Waals surface area (Å²) in [6.45, 7) is 0.588. The Hall–Kier alpha value is -1.07. The van der Waals surface area contributed by atoms with Crippen LogP contribution in [-0.2, 0) is 18.4 Å². The van der Waals surface area contributed by atoms with Gasteiger partial charge in [0.1, 0.15) is 0 Å². The molecule has 0 radical (unpaired) electrons. The summed E-state index contributed by atoms with van der Waals surface area (Å²) in [6.07, 6.45) is 9.32. The van der Waals surface area contributed by atoms with Crippen LogP contribution in [0, 0.1) is 5.92 Å². The van der Waals surface area contributed by atoms with Crippen molar-refractivity contribution in [1.29, 1.82) is 0 Å². The summed E-state index contributed by atoms with van der Waals surface area (Å²) in [5.74, 6) is 0.739. The number of halogens is 1. The van der Waals surface area contributed by atoms with E-state index in [1.165, 1.54) is 12.8 Å². The van der Waals surface area contributed by atoms with E-state index in [1.54, 1.807) is 10.9 Å². The quantitative estimate of drug-likeness (QED) is 0.883. The first-order valence-electron chi connectivity index (χ1n) is 7.19. The minimum atomic E-state index is 0. The molecule has 1 amide bonds. The summed E-state index contributed by atoms with van der Waals surface area (Å²) in [6, 6.07) is 1.32. The molecule has 6 heteroatoms. The molecule has 2 bridgehead atoms. The summed E-state index contributed by atoms with van der Waals surface area (Å²) < 4.78 is 1.76. The average molecular weight is 299 g/mol. The maximum atomic E-state index is 12.0. The lowest BCUT2D eigenvalue weighted by Gasteiger charge is -2.28. The Bertz CT molecular complexity index is 450. The number of amides is 1. The molecule has 2 saturated heterocycles. The highest BCUT2D eigenvalue weighted by atomic mass is 35.5. The van der Waals surface area contributed by atoms with Gasteiger partial charge in [-0.3, -0.25) is 9.48 Å². The van der Waals surface area contributed by atoms with Crippen molar-refractivity contribution in [3.05, 3.63) is 18.0 Å². The molecule has 1 aromatic heterocycles. The molecular formula is C14H23ClN4O. The summed E-state index contributed by atoms with van der Waals surface area (Å²) >= 11 is 0. The Morgan fingerprint density at radius 1 is 1.45 bits per heavy atom. The molecule has 1 aromatic rings. The van der Waals surface area contributed by atoms with Gasteiger partial charge in [-0.2, -0.15) is 5.10 Å². The maximum Gasteiger partial charge on any atom is 0.220 e. The molecule has 2 atom stereocenters. The molecule has 2 N–H and O–H groups in total. The topological polar surface area (TPSA) is 59.0 Å². The van der Waals surface area contributed by atoms with E-state index in [4.69, 9.17) is 0 Å². The van der Waals surface area contributed by atoms with Gasteiger partial charge in [-0.1, -0.05) is 0 Å². The van der Waals surface area contributed by atoms with Crippen molar-refractivity contribution < 1.29 is 4.79 Å². The Labute approximate surface area is 125 Å². The number of rotatable bonds is 4. The van der Waals surface area contributed by atoms with E-state index in [0.717, 1.165) is 18.4 Å². The van der Waals surface area contributed by atoms with Crippen LogP contribution in [0.4, 0.5) is 0 Å². The van der Waals surface area contributed by atoms with E-state index < -0.39 is 0 Å². The first kappa shape index (κ1) is 15.3. The molecule has 3 heterocycles. The zero-order chi connectivity index (χ0) is 13.2.